The van der Waals surface area contributed by atoms with Crippen LogP contribution in [0, 0.1) is 11.7 Å². The van der Waals surface area contributed by atoms with Crippen molar-refractivity contribution in [3.05, 3.63) is 29.6 Å². The van der Waals surface area contributed by atoms with Gasteiger partial charge in [0.2, 0.25) is 0 Å². The van der Waals surface area contributed by atoms with E-state index < -0.39 is 0 Å². The van der Waals surface area contributed by atoms with Gasteiger partial charge < -0.3 is 10.6 Å². The first-order chi connectivity index (χ1) is 7.52. The molecule has 0 aliphatic carbocycles. The molecule has 3 heteroatoms. The minimum Gasteiger partial charge on any atom is -0.398 e. The number of nitrogens with two attached hydrogens (primary N) is 1. The molecule has 0 amide bonds. The summed E-state index contributed by atoms with van der Waals surface area (Å²) in [5, 5.41) is 0. The summed E-state index contributed by atoms with van der Waals surface area (Å²) in [4.78, 5) is 2.22. The third-order valence-corrected chi connectivity index (χ3v) is 2.87. The summed E-state index contributed by atoms with van der Waals surface area (Å²) in [6, 6.07) is 4.60. The summed E-state index contributed by atoms with van der Waals surface area (Å²) in [5.41, 5.74) is 7.30. The van der Waals surface area contributed by atoms with Crippen LogP contribution in [-0.2, 0) is 6.54 Å². The third kappa shape index (κ3) is 3.81. The number of anilines is 1. The second kappa shape index (κ2) is 5.85. The number of nitrogen functional groups attached to an aromatic ring is 1. The van der Waals surface area contributed by atoms with Gasteiger partial charge in [-0.3, -0.25) is 0 Å². The van der Waals surface area contributed by atoms with Crippen LogP contribution in [0.25, 0.3) is 0 Å². The Morgan fingerprint density at radius 1 is 1.44 bits per heavy atom. The predicted molar refractivity (Wildman–Crippen MR) is 66.6 cm³/mol. The van der Waals surface area contributed by atoms with Gasteiger partial charge in [0.1, 0.15) is 5.82 Å². The van der Waals surface area contributed by atoms with Crippen molar-refractivity contribution < 1.29 is 4.39 Å². The topological polar surface area (TPSA) is 29.3 Å². The lowest BCUT2D eigenvalue weighted by Gasteiger charge is -2.21. The molecule has 0 bridgehead atoms. The number of hydrogen-bond donors (Lipinski definition) is 1. The molecule has 90 valence electrons. The quantitative estimate of drug-likeness (QED) is 0.779. The predicted octanol–water partition coefficient (Wildman–Crippen LogP) is 2.89. The second-order valence-corrected chi connectivity index (χ2v) is 4.55. The van der Waals surface area contributed by atoms with Gasteiger partial charge in [0, 0.05) is 18.8 Å². The van der Waals surface area contributed by atoms with Gasteiger partial charge in [-0.05, 0) is 30.7 Å². The van der Waals surface area contributed by atoms with Crippen molar-refractivity contribution in [3.63, 3.8) is 0 Å². The summed E-state index contributed by atoms with van der Waals surface area (Å²) in [7, 11) is 2.06. The Labute approximate surface area is 97.3 Å². The zero-order valence-corrected chi connectivity index (χ0v) is 10.3. The molecule has 1 atom stereocenters. The van der Waals surface area contributed by atoms with Crippen molar-refractivity contribution in [2.75, 3.05) is 19.3 Å². The van der Waals surface area contributed by atoms with Crippen molar-refractivity contribution in [2.24, 2.45) is 5.92 Å². The van der Waals surface area contributed by atoms with Crippen molar-refractivity contribution in [1.29, 1.82) is 0 Å². The maximum atomic E-state index is 12.9. The molecule has 1 aromatic rings. The zero-order chi connectivity index (χ0) is 12.1. The van der Waals surface area contributed by atoms with Gasteiger partial charge in [-0.2, -0.15) is 0 Å². The molecule has 0 aliphatic rings. The van der Waals surface area contributed by atoms with E-state index in [2.05, 4.69) is 25.8 Å². The van der Waals surface area contributed by atoms with E-state index in [9.17, 15) is 4.39 Å². The zero-order valence-electron chi connectivity index (χ0n) is 10.3. The van der Waals surface area contributed by atoms with Crippen LogP contribution < -0.4 is 5.73 Å². The van der Waals surface area contributed by atoms with E-state index in [0.717, 1.165) is 18.7 Å². The standard InChI is InChI=1S/C13H21FN2/c1-4-10(2)8-16(3)9-11-5-6-12(14)7-13(11)15/h5-7,10H,4,8-9,15H2,1-3H3. The van der Waals surface area contributed by atoms with Crippen LogP contribution in [0.1, 0.15) is 25.8 Å². The average Bonchev–Trinajstić information content (AvgIpc) is 2.22. The molecular formula is C13H21FN2. The van der Waals surface area contributed by atoms with Gasteiger partial charge in [-0.1, -0.05) is 26.3 Å². The molecule has 0 saturated carbocycles. The summed E-state index contributed by atoms with van der Waals surface area (Å²) >= 11 is 0. The number of halogens is 1. The van der Waals surface area contributed by atoms with E-state index in [-0.39, 0.29) is 5.82 Å². The Balaban J connectivity index is 2.59. The highest BCUT2D eigenvalue weighted by molar-refractivity contribution is 5.46. The van der Waals surface area contributed by atoms with E-state index in [0.29, 0.717) is 11.6 Å². The van der Waals surface area contributed by atoms with Gasteiger partial charge >= 0.3 is 0 Å². The molecule has 0 spiro atoms. The molecule has 0 aromatic heterocycles. The first kappa shape index (κ1) is 13.0. The molecule has 1 rings (SSSR count). The summed E-state index contributed by atoms with van der Waals surface area (Å²) in [6.07, 6.45) is 1.17. The second-order valence-electron chi connectivity index (χ2n) is 4.55. The van der Waals surface area contributed by atoms with Crippen molar-refractivity contribution in [3.8, 4) is 0 Å². The molecule has 0 fully saturated rings. The number of nitrogens with zero attached hydrogens (tertiary/aromatic N) is 1. The van der Waals surface area contributed by atoms with Crippen LogP contribution in [0.4, 0.5) is 10.1 Å². The van der Waals surface area contributed by atoms with Crippen LogP contribution in [-0.4, -0.2) is 18.5 Å². The molecule has 0 heterocycles. The van der Waals surface area contributed by atoms with Gasteiger partial charge in [0.15, 0.2) is 0 Å². The molecule has 1 aromatic carbocycles. The third-order valence-electron chi connectivity index (χ3n) is 2.87. The highest BCUT2D eigenvalue weighted by Crippen LogP contribution is 2.16. The molecule has 2 N–H and O–H groups in total. The van der Waals surface area contributed by atoms with Crippen molar-refractivity contribution in [2.45, 2.75) is 26.8 Å². The van der Waals surface area contributed by atoms with Crippen LogP contribution in [0.15, 0.2) is 18.2 Å². The van der Waals surface area contributed by atoms with Gasteiger partial charge in [-0.15, -0.1) is 0 Å². The lowest BCUT2D eigenvalue weighted by Crippen LogP contribution is -2.24. The van der Waals surface area contributed by atoms with Crippen molar-refractivity contribution in [1.82, 2.24) is 4.90 Å². The Kier molecular flexibility index (Phi) is 4.74. The lowest BCUT2D eigenvalue weighted by molar-refractivity contribution is 0.275. The molecule has 16 heavy (non-hydrogen) atoms. The molecule has 0 aliphatic heterocycles. The molecular weight excluding hydrogens is 203 g/mol. The Morgan fingerprint density at radius 3 is 2.69 bits per heavy atom. The first-order valence-corrected chi connectivity index (χ1v) is 5.75. The fourth-order valence-electron chi connectivity index (χ4n) is 1.73. The number of hydrogen-bond acceptors (Lipinski definition) is 2. The van der Waals surface area contributed by atoms with Crippen molar-refractivity contribution >= 4 is 5.69 Å². The number of rotatable bonds is 5. The number of benzene rings is 1. The fraction of sp³-hybridized carbons (Fsp3) is 0.538. The van der Waals surface area contributed by atoms with E-state index in [4.69, 9.17) is 5.73 Å². The summed E-state index contributed by atoms with van der Waals surface area (Å²) < 4.78 is 12.9. The maximum Gasteiger partial charge on any atom is 0.125 e. The molecule has 2 nitrogen and oxygen atoms in total. The fourth-order valence-corrected chi connectivity index (χ4v) is 1.73. The van der Waals surface area contributed by atoms with Crippen LogP contribution >= 0.6 is 0 Å². The minimum atomic E-state index is -0.272. The smallest absolute Gasteiger partial charge is 0.125 e. The van der Waals surface area contributed by atoms with E-state index in [1.165, 1.54) is 18.6 Å². The van der Waals surface area contributed by atoms with Gasteiger partial charge in [0.05, 0.1) is 0 Å². The summed E-state index contributed by atoms with van der Waals surface area (Å²) in [5.74, 6) is 0.400. The highest BCUT2D eigenvalue weighted by Gasteiger charge is 2.07. The Morgan fingerprint density at radius 2 is 2.12 bits per heavy atom. The normalized spacial score (nSPS) is 13.1. The summed E-state index contributed by atoms with van der Waals surface area (Å²) in [6.45, 7) is 6.22. The average molecular weight is 224 g/mol. The molecule has 1 unspecified atom stereocenters. The SMILES string of the molecule is CCC(C)CN(C)Cc1ccc(F)cc1N. The van der Waals surface area contributed by atoms with Gasteiger partial charge in [0.25, 0.3) is 0 Å². The van der Waals surface area contributed by atoms with E-state index in [1.807, 2.05) is 0 Å². The van der Waals surface area contributed by atoms with Crippen LogP contribution in [0.2, 0.25) is 0 Å². The van der Waals surface area contributed by atoms with Crippen LogP contribution in [0.3, 0.4) is 0 Å². The van der Waals surface area contributed by atoms with Crippen LogP contribution in [0.5, 0.6) is 0 Å². The molecule has 0 radical (unpaired) electrons. The lowest BCUT2D eigenvalue weighted by atomic mass is 10.1. The Bertz CT molecular complexity index is 339. The van der Waals surface area contributed by atoms with E-state index in [1.54, 1.807) is 6.07 Å². The van der Waals surface area contributed by atoms with Gasteiger partial charge in [-0.25, -0.2) is 4.39 Å². The Hall–Kier alpha value is -1.09. The first-order valence-electron chi connectivity index (χ1n) is 5.75. The van der Waals surface area contributed by atoms with E-state index >= 15 is 0 Å². The maximum absolute atomic E-state index is 12.9. The monoisotopic (exact) mass is 224 g/mol. The highest BCUT2D eigenvalue weighted by atomic mass is 19.1. The largest absolute Gasteiger partial charge is 0.398 e. The minimum absolute atomic E-state index is 0.272. The molecule has 0 saturated heterocycles.